The van der Waals surface area contributed by atoms with E-state index >= 15 is 0 Å². The van der Waals surface area contributed by atoms with Crippen molar-refractivity contribution in [2.75, 3.05) is 0 Å². The van der Waals surface area contributed by atoms with Crippen molar-refractivity contribution in [1.82, 2.24) is 0 Å². The summed E-state index contributed by atoms with van der Waals surface area (Å²) in [6.07, 6.45) is 7.27. The number of rotatable bonds is 1. The number of hydrogen-bond donors (Lipinski definition) is 1. The molecule has 4 fully saturated rings. The van der Waals surface area contributed by atoms with Crippen molar-refractivity contribution in [3.63, 3.8) is 0 Å². The summed E-state index contributed by atoms with van der Waals surface area (Å²) in [5.41, 5.74) is 0.103. The molecule has 8 atom stereocenters. The van der Waals surface area contributed by atoms with E-state index in [0.717, 1.165) is 44.9 Å². The molecule has 0 heterocycles. The van der Waals surface area contributed by atoms with E-state index in [2.05, 4.69) is 13.8 Å². The fourth-order valence-electron chi connectivity index (χ4n) is 7.84. The lowest BCUT2D eigenvalue weighted by molar-refractivity contribution is -0.173. The van der Waals surface area contributed by atoms with Gasteiger partial charge in [-0.25, -0.2) is 0 Å². The minimum Gasteiger partial charge on any atom is -0.393 e. The largest absolute Gasteiger partial charge is 0.393 e. The van der Waals surface area contributed by atoms with Gasteiger partial charge in [-0.3, -0.25) is 9.59 Å². The number of carbonyl (C=O) groups excluding carboxylic acids is 2. The normalized spacial score (nSPS) is 53.9. The Kier molecular flexibility index (Phi) is 3.77. The Labute approximate surface area is 145 Å². The van der Waals surface area contributed by atoms with E-state index < -0.39 is 0 Å². The van der Waals surface area contributed by atoms with Gasteiger partial charge < -0.3 is 5.11 Å². The summed E-state index contributed by atoms with van der Waals surface area (Å²) in [4.78, 5) is 24.1. The summed E-state index contributed by atoms with van der Waals surface area (Å²) in [5.74, 6) is 2.78. The van der Waals surface area contributed by atoms with Crippen LogP contribution in [0.1, 0.15) is 72.1 Å². The van der Waals surface area contributed by atoms with Crippen LogP contribution in [0.3, 0.4) is 0 Å². The molecule has 0 aliphatic heterocycles. The van der Waals surface area contributed by atoms with Crippen molar-refractivity contribution in [2.45, 2.75) is 78.2 Å². The van der Waals surface area contributed by atoms with Crippen LogP contribution in [0.4, 0.5) is 0 Å². The summed E-state index contributed by atoms with van der Waals surface area (Å²) in [6.45, 7) is 6.36. The van der Waals surface area contributed by atoms with Gasteiger partial charge >= 0.3 is 0 Å². The summed E-state index contributed by atoms with van der Waals surface area (Å²) < 4.78 is 0. The van der Waals surface area contributed by atoms with E-state index in [1.807, 2.05) is 0 Å². The van der Waals surface area contributed by atoms with Crippen molar-refractivity contribution in [3.05, 3.63) is 0 Å². The van der Waals surface area contributed by atoms with E-state index in [-0.39, 0.29) is 22.9 Å². The molecule has 3 nitrogen and oxygen atoms in total. The van der Waals surface area contributed by atoms with Gasteiger partial charge in [-0.05, 0) is 80.0 Å². The van der Waals surface area contributed by atoms with E-state index in [0.29, 0.717) is 41.7 Å². The van der Waals surface area contributed by atoms with Crippen molar-refractivity contribution < 1.29 is 14.7 Å². The first-order valence-corrected chi connectivity index (χ1v) is 9.97. The topological polar surface area (TPSA) is 54.4 Å². The van der Waals surface area contributed by atoms with Gasteiger partial charge in [0, 0.05) is 18.8 Å². The number of fused-ring (bicyclic) bond motifs is 5. The van der Waals surface area contributed by atoms with Crippen molar-refractivity contribution in [1.29, 1.82) is 0 Å². The van der Waals surface area contributed by atoms with Crippen molar-refractivity contribution >= 4 is 11.6 Å². The van der Waals surface area contributed by atoms with Crippen LogP contribution in [-0.4, -0.2) is 22.8 Å². The highest BCUT2D eigenvalue weighted by atomic mass is 16.3. The Hall–Kier alpha value is -0.700. The molecule has 0 unspecified atom stereocenters. The van der Waals surface area contributed by atoms with Crippen LogP contribution in [0.5, 0.6) is 0 Å². The molecule has 0 aromatic heterocycles. The molecule has 0 aromatic rings. The van der Waals surface area contributed by atoms with Crippen LogP contribution in [0.15, 0.2) is 0 Å². The van der Waals surface area contributed by atoms with Crippen LogP contribution >= 0.6 is 0 Å². The Morgan fingerprint density at radius 3 is 2.58 bits per heavy atom. The molecular weight excluding hydrogens is 300 g/mol. The minimum atomic E-state index is -0.308. The minimum absolute atomic E-state index is 0.0138. The predicted octanol–water partition coefficient (Wildman–Crippen LogP) is 3.77. The quantitative estimate of drug-likeness (QED) is 0.795. The molecule has 0 radical (unpaired) electrons. The Balaban J connectivity index is 1.68. The summed E-state index contributed by atoms with van der Waals surface area (Å²) >= 11 is 0. The third-order valence-corrected chi connectivity index (χ3v) is 8.90. The molecule has 1 N–H and O–H groups in total. The molecular formula is C21H32O3. The molecule has 0 saturated heterocycles. The van der Waals surface area contributed by atoms with Gasteiger partial charge in [-0.2, -0.15) is 0 Å². The van der Waals surface area contributed by atoms with Crippen LogP contribution in [0.2, 0.25) is 0 Å². The second-order valence-corrected chi connectivity index (χ2v) is 9.84. The van der Waals surface area contributed by atoms with Gasteiger partial charge in [0.2, 0.25) is 0 Å². The fraction of sp³-hybridized carbons (Fsp3) is 0.905. The smallest absolute Gasteiger partial charge is 0.133 e. The highest BCUT2D eigenvalue weighted by molar-refractivity contribution is 5.80. The Bertz CT molecular complexity index is 569. The Morgan fingerprint density at radius 2 is 1.88 bits per heavy atom. The maximum atomic E-state index is 12.2. The number of aliphatic hydroxyl groups is 1. The molecule has 0 bridgehead atoms. The standard InChI is InChI=1S/C21H32O3/c1-12(22)16-6-7-17-15-5-4-13-10-14(23)8-9-20(13,2)19(15)18(24)11-21(16,17)3/h13,15-19,24H,4-11H2,1-3H3/t13-,15-,16-,17+,18-,19-,20-,21+/m0/s1. The second-order valence-electron chi connectivity index (χ2n) is 9.84. The first-order chi connectivity index (χ1) is 11.3. The monoisotopic (exact) mass is 332 g/mol. The molecule has 4 rings (SSSR count). The number of Topliss-reactive ketones (excluding diaryl/α,β-unsaturated/α-hetero) is 2. The van der Waals surface area contributed by atoms with E-state index in [4.69, 9.17) is 0 Å². The average molecular weight is 332 g/mol. The molecule has 4 saturated carbocycles. The maximum Gasteiger partial charge on any atom is 0.133 e. The molecule has 0 aromatic carbocycles. The van der Waals surface area contributed by atoms with Gasteiger partial charge in [0.25, 0.3) is 0 Å². The van der Waals surface area contributed by atoms with E-state index in [9.17, 15) is 14.7 Å². The first-order valence-electron chi connectivity index (χ1n) is 9.97. The highest BCUT2D eigenvalue weighted by Crippen LogP contribution is 2.67. The van der Waals surface area contributed by atoms with E-state index in [1.165, 1.54) is 0 Å². The molecule has 0 amide bonds. The maximum absolute atomic E-state index is 12.2. The fourth-order valence-corrected chi connectivity index (χ4v) is 7.84. The zero-order chi connectivity index (χ0) is 17.3. The lowest BCUT2D eigenvalue weighted by Gasteiger charge is -2.61. The third kappa shape index (κ3) is 2.12. The van der Waals surface area contributed by atoms with Crippen LogP contribution in [0, 0.1) is 40.4 Å². The van der Waals surface area contributed by atoms with Crippen LogP contribution in [-0.2, 0) is 9.59 Å². The van der Waals surface area contributed by atoms with Gasteiger partial charge in [-0.15, -0.1) is 0 Å². The zero-order valence-electron chi connectivity index (χ0n) is 15.4. The number of carbonyl (C=O) groups is 2. The first kappa shape index (κ1) is 16.8. The van der Waals surface area contributed by atoms with Crippen molar-refractivity contribution in [2.24, 2.45) is 40.4 Å². The Morgan fingerprint density at radius 1 is 1.12 bits per heavy atom. The summed E-state index contributed by atoms with van der Waals surface area (Å²) in [7, 11) is 0. The number of ketones is 2. The molecule has 4 aliphatic rings. The summed E-state index contributed by atoms with van der Waals surface area (Å²) in [5, 5.41) is 11.2. The molecule has 4 aliphatic carbocycles. The van der Waals surface area contributed by atoms with E-state index in [1.54, 1.807) is 6.92 Å². The van der Waals surface area contributed by atoms with Crippen LogP contribution < -0.4 is 0 Å². The molecule has 3 heteroatoms. The van der Waals surface area contributed by atoms with Gasteiger partial charge in [-0.1, -0.05) is 13.8 Å². The van der Waals surface area contributed by atoms with Gasteiger partial charge in [0.15, 0.2) is 0 Å². The molecule has 134 valence electrons. The predicted molar refractivity (Wildman–Crippen MR) is 92.3 cm³/mol. The third-order valence-electron chi connectivity index (χ3n) is 8.90. The zero-order valence-corrected chi connectivity index (χ0v) is 15.4. The average Bonchev–Trinajstić information content (AvgIpc) is 2.84. The van der Waals surface area contributed by atoms with Gasteiger partial charge in [0.1, 0.15) is 11.6 Å². The lowest BCUT2D eigenvalue weighted by atomic mass is 9.44. The SMILES string of the molecule is CC(=O)[C@@H]1CC[C@@H]2[C@@H]3CC[C@H]4CC(=O)CC[C@]4(C)[C@@H]3[C@@H](O)C[C@@]21C. The lowest BCUT2D eigenvalue weighted by Crippen LogP contribution is -2.59. The summed E-state index contributed by atoms with van der Waals surface area (Å²) in [6, 6.07) is 0. The van der Waals surface area contributed by atoms with Crippen molar-refractivity contribution in [3.8, 4) is 0 Å². The van der Waals surface area contributed by atoms with Crippen LogP contribution in [0.25, 0.3) is 0 Å². The molecule has 0 spiro atoms. The highest BCUT2D eigenvalue weighted by Gasteiger charge is 2.63. The number of aliphatic hydroxyl groups excluding tert-OH is 1. The number of hydrogen-bond acceptors (Lipinski definition) is 3. The van der Waals surface area contributed by atoms with Gasteiger partial charge in [0.05, 0.1) is 6.10 Å². The molecule has 24 heavy (non-hydrogen) atoms. The second kappa shape index (κ2) is 5.40.